The summed E-state index contributed by atoms with van der Waals surface area (Å²) in [4.78, 5) is 0.0766. The van der Waals surface area contributed by atoms with Crippen LogP contribution in [0.15, 0.2) is 52.5 Å². The first kappa shape index (κ1) is 15.0. The third kappa shape index (κ3) is 2.99. The molecule has 1 aliphatic rings. The lowest BCUT2D eigenvalue weighted by Gasteiger charge is -2.11. The molecule has 0 amide bonds. The molecule has 7 heteroatoms. The number of hydrogen-bond donors (Lipinski definition) is 2. The summed E-state index contributed by atoms with van der Waals surface area (Å²) >= 11 is 5.92. The first-order chi connectivity index (χ1) is 10.4. The molecule has 0 unspecified atom stereocenters. The number of benzene rings is 2. The summed E-state index contributed by atoms with van der Waals surface area (Å²) in [6.45, 7) is 0.770. The molecule has 114 valence electrons. The van der Waals surface area contributed by atoms with Gasteiger partial charge in [-0.25, -0.2) is 13.6 Å². The molecule has 22 heavy (non-hydrogen) atoms. The van der Waals surface area contributed by atoms with Gasteiger partial charge in [-0.05, 0) is 35.4 Å². The highest BCUT2D eigenvalue weighted by Gasteiger charge is 2.18. The van der Waals surface area contributed by atoms with E-state index in [0.29, 0.717) is 5.02 Å². The fourth-order valence-corrected chi connectivity index (χ4v) is 3.06. The van der Waals surface area contributed by atoms with Gasteiger partial charge in [0.2, 0.25) is 10.0 Å². The van der Waals surface area contributed by atoms with Gasteiger partial charge in [-0.2, -0.15) is 5.10 Å². The van der Waals surface area contributed by atoms with Gasteiger partial charge >= 0.3 is 0 Å². The fraction of sp³-hybridized carbons (Fsp3) is 0.133. The van der Waals surface area contributed by atoms with Gasteiger partial charge in [-0.15, -0.1) is 0 Å². The second kappa shape index (κ2) is 5.72. The molecule has 1 aliphatic heterocycles. The molecule has 0 bridgehead atoms. The van der Waals surface area contributed by atoms with Crippen molar-refractivity contribution in [1.82, 2.24) is 5.43 Å². The van der Waals surface area contributed by atoms with Crippen molar-refractivity contribution in [3.8, 4) is 11.1 Å². The molecule has 0 saturated carbocycles. The average molecular weight is 336 g/mol. The van der Waals surface area contributed by atoms with E-state index in [4.69, 9.17) is 16.7 Å². The van der Waals surface area contributed by atoms with Crippen LogP contribution >= 0.6 is 11.6 Å². The van der Waals surface area contributed by atoms with E-state index in [-0.39, 0.29) is 4.90 Å². The predicted molar refractivity (Wildman–Crippen MR) is 87.4 cm³/mol. The number of nitrogens with zero attached hydrogens (tertiary/aromatic N) is 1. The Morgan fingerprint density at radius 1 is 1.09 bits per heavy atom. The van der Waals surface area contributed by atoms with Crippen LogP contribution in [0, 0.1) is 0 Å². The highest BCUT2D eigenvalue weighted by atomic mass is 35.5. The van der Waals surface area contributed by atoms with E-state index < -0.39 is 10.0 Å². The maximum absolute atomic E-state index is 11.6. The molecule has 0 aromatic heterocycles. The van der Waals surface area contributed by atoms with Crippen LogP contribution in [0.5, 0.6) is 0 Å². The Morgan fingerprint density at radius 3 is 2.41 bits per heavy atom. The maximum atomic E-state index is 11.6. The number of sulfonamides is 1. The summed E-state index contributed by atoms with van der Waals surface area (Å²) < 4.78 is 23.2. The molecule has 0 atom stereocenters. The van der Waals surface area contributed by atoms with Gasteiger partial charge in [-0.3, -0.25) is 0 Å². The van der Waals surface area contributed by atoms with Crippen molar-refractivity contribution in [2.24, 2.45) is 10.2 Å². The zero-order valence-corrected chi connectivity index (χ0v) is 13.2. The van der Waals surface area contributed by atoms with E-state index in [0.717, 1.165) is 35.4 Å². The number of hydrogen-bond acceptors (Lipinski definition) is 4. The maximum Gasteiger partial charge on any atom is 0.238 e. The van der Waals surface area contributed by atoms with Crippen LogP contribution in [-0.4, -0.2) is 20.7 Å². The van der Waals surface area contributed by atoms with E-state index in [1.807, 2.05) is 12.1 Å². The fourth-order valence-electron chi connectivity index (χ4n) is 2.40. The Kier molecular flexibility index (Phi) is 3.90. The Labute approximate surface area is 133 Å². The van der Waals surface area contributed by atoms with Gasteiger partial charge in [0.05, 0.1) is 10.6 Å². The minimum atomic E-state index is -3.76. The Balaban J connectivity index is 2.20. The first-order valence-electron chi connectivity index (χ1n) is 6.68. The summed E-state index contributed by atoms with van der Waals surface area (Å²) in [5.74, 6) is 0. The summed E-state index contributed by atoms with van der Waals surface area (Å²) in [6.07, 6.45) is 0.787. The van der Waals surface area contributed by atoms with E-state index in [2.05, 4.69) is 10.5 Å². The van der Waals surface area contributed by atoms with Gasteiger partial charge in [-0.1, -0.05) is 29.8 Å². The van der Waals surface area contributed by atoms with Gasteiger partial charge in [0.25, 0.3) is 0 Å². The van der Waals surface area contributed by atoms with Crippen LogP contribution in [0.25, 0.3) is 11.1 Å². The third-order valence-corrected chi connectivity index (χ3v) is 4.64. The van der Waals surface area contributed by atoms with Crippen molar-refractivity contribution in [3.63, 3.8) is 0 Å². The zero-order valence-electron chi connectivity index (χ0n) is 11.6. The number of nitrogens with two attached hydrogens (primary N) is 1. The van der Waals surface area contributed by atoms with Crippen LogP contribution < -0.4 is 10.6 Å². The van der Waals surface area contributed by atoms with E-state index >= 15 is 0 Å². The summed E-state index contributed by atoms with van der Waals surface area (Å²) in [5.41, 5.74) is 6.34. The van der Waals surface area contributed by atoms with Gasteiger partial charge in [0, 0.05) is 23.6 Å². The quantitative estimate of drug-likeness (QED) is 0.903. The number of halogens is 1. The minimum absolute atomic E-state index is 0.0766. The number of hydrazone groups is 1. The molecular formula is C15H14ClN3O2S. The van der Waals surface area contributed by atoms with Crippen LogP contribution in [0.4, 0.5) is 0 Å². The van der Waals surface area contributed by atoms with Crippen LogP contribution in [0.3, 0.4) is 0 Å². The first-order valence-corrected chi connectivity index (χ1v) is 8.60. The van der Waals surface area contributed by atoms with Gasteiger partial charge in [0.15, 0.2) is 0 Å². The second-order valence-electron chi connectivity index (χ2n) is 4.98. The Hall–Kier alpha value is -1.89. The molecule has 3 rings (SSSR count). The van der Waals surface area contributed by atoms with Crippen molar-refractivity contribution in [2.45, 2.75) is 11.3 Å². The molecule has 0 radical (unpaired) electrons. The molecule has 3 N–H and O–H groups in total. The molecular weight excluding hydrogens is 322 g/mol. The SMILES string of the molecule is NS(=O)(=O)c1ccc(C2=NNCC2)c(-c2ccc(Cl)cc2)c1. The molecule has 0 spiro atoms. The van der Waals surface area contributed by atoms with Crippen molar-refractivity contribution < 1.29 is 8.42 Å². The van der Waals surface area contributed by atoms with Crippen LogP contribution in [0.2, 0.25) is 5.02 Å². The molecule has 5 nitrogen and oxygen atoms in total. The number of rotatable bonds is 3. The topological polar surface area (TPSA) is 84.6 Å². The highest BCUT2D eigenvalue weighted by molar-refractivity contribution is 7.89. The smallest absolute Gasteiger partial charge is 0.238 e. The highest BCUT2D eigenvalue weighted by Crippen LogP contribution is 2.29. The summed E-state index contributed by atoms with van der Waals surface area (Å²) in [5, 5.41) is 10.1. The molecule has 2 aromatic rings. The molecule has 2 aromatic carbocycles. The minimum Gasteiger partial charge on any atom is -0.309 e. The standard InChI is InChI=1S/C15H14ClN3O2S/c16-11-3-1-10(2-4-11)14-9-12(22(17,20)21)5-6-13(14)15-7-8-18-19-15/h1-6,9,18H,7-8H2,(H2,17,20,21). The number of nitrogens with one attached hydrogen (secondary N) is 1. The molecule has 0 aliphatic carbocycles. The molecule has 1 heterocycles. The zero-order chi connectivity index (χ0) is 15.7. The lowest BCUT2D eigenvalue weighted by Crippen LogP contribution is -2.13. The van der Waals surface area contributed by atoms with Crippen LogP contribution in [0.1, 0.15) is 12.0 Å². The lowest BCUT2D eigenvalue weighted by atomic mass is 9.95. The number of primary sulfonamides is 1. The lowest BCUT2D eigenvalue weighted by molar-refractivity contribution is 0.598. The molecule has 0 fully saturated rings. The summed E-state index contributed by atoms with van der Waals surface area (Å²) in [7, 11) is -3.76. The van der Waals surface area contributed by atoms with Crippen molar-refractivity contribution in [3.05, 3.63) is 53.1 Å². The monoisotopic (exact) mass is 335 g/mol. The Bertz CT molecular complexity index is 846. The van der Waals surface area contributed by atoms with E-state index in [9.17, 15) is 8.42 Å². The van der Waals surface area contributed by atoms with Crippen molar-refractivity contribution in [2.75, 3.05) is 6.54 Å². The largest absolute Gasteiger partial charge is 0.309 e. The predicted octanol–water partition coefficient (Wildman–Crippen LogP) is 2.35. The average Bonchev–Trinajstić information content (AvgIpc) is 3.00. The van der Waals surface area contributed by atoms with E-state index in [1.54, 1.807) is 24.3 Å². The van der Waals surface area contributed by atoms with Crippen molar-refractivity contribution in [1.29, 1.82) is 0 Å². The van der Waals surface area contributed by atoms with Gasteiger partial charge < -0.3 is 5.43 Å². The van der Waals surface area contributed by atoms with Crippen LogP contribution in [-0.2, 0) is 10.0 Å². The van der Waals surface area contributed by atoms with Crippen molar-refractivity contribution >= 4 is 27.3 Å². The van der Waals surface area contributed by atoms with E-state index in [1.165, 1.54) is 6.07 Å². The third-order valence-electron chi connectivity index (χ3n) is 3.47. The summed E-state index contributed by atoms with van der Waals surface area (Å²) in [6, 6.07) is 12.0. The van der Waals surface area contributed by atoms with Gasteiger partial charge in [0.1, 0.15) is 0 Å². The Morgan fingerprint density at radius 2 is 1.82 bits per heavy atom. The molecule has 0 saturated heterocycles. The second-order valence-corrected chi connectivity index (χ2v) is 6.97. The normalized spacial score (nSPS) is 14.5.